The Morgan fingerprint density at radius 2 is 1.82 bits per heavy atom. The molecule has 0 spiro atoms. The number of nitrogens with zero attached hydrogens (tertiary/aromatic N) is 2. The third-order valence-electron chi connectivity index (χ3n) is 5.89. The first-order valence-electron chi connectivity index (χ1n) is 11.1. The Hall–Kier alpha value is -2.65. The Kier molecular flexibility index (Phi) is 8.54. The van der Waals surface area contributed by atoms with Gasteiger partial charge in [0.1, 0.15) is 18.4 Å². The van der Waals surface area contributed by atoms with Gasteiger partial charge in [-0.15, -0.1) is 0 Å². The van der Waals surface area contributed by atoms with Crippen LogP contribution in [0.2, 0.25) is 5.02 Å². The maximum absolute atomic E-state index is 13.8. The summed E-state index contributed by atoms with van der Waals surface area (Å²) in [6.07, 6.45) is 4.82. The van der Waals surface area contributed by atoms with Crippen molar-refractivity contribution in [3.63, 3.8) is 0 Å². The van der Waals surface area contributed by atoms with Gasteiger partial charge >= 0.3 is 0 Å². The molecule has 2 aromatic carbocycles. The van der Waals surface area contributed by atoms with Gasteiger partial charge in [0.15, 0.2) is 0 Å². The molecular formula is C24H29ClFN3O4S. The Bertz CT molecular complexity index is 1140. The van der Waals surface area contributed by atoms with Gasteiger partial charge in [-0.05, 0) is 55.7 Å². The quantitative estimate of drug-likeness (QED) is 0.558. The summed E-state index contributed by atoms with van der Waals surface area (Å²) in [4.78, 5) is 27.8. The molecule has 1 aliphatic rings. The van der Waals surface area contributed by atoms with Gasteiger partial charge < -0.3 is 10.2 Å². The summed E-state index contributed by atoms with van der Waals surface area (Å²) in [7, 11) is -3.91. The number of sulfonamides is 1. The number of amides is 2. The summed E-state index contributed by atoms with van der Waals surface area (Å²) in [5.74, 6) is -1.53. The van der Waals surface area contributed by atoms with Crippen LogP contribution in [0.4, 0.5) is 10.1 Å². The third-order valence-corrected chi connectivity index (χ3v) is 7.26. The number of hydrogen-bond donors (Lipinski definition) is 1. The van der Waals surface area contributed by atoms with E-state index < -0.39 is 34.3 Å². The normalized spacial score (nSPS) is 15.1. The summed E-state index contributed by atoms with van der Waals surface area (Å²) in [5, 5.41) is 3.47. The van der Waals surface area contributed by atoms with Crippen molar-refractivity contribution in [2.24, 2.45) is 0 Å². The molecule has 1 fully saturated rings. The topological polar surface area (TPSA) is 86.8 Å². The molecule has 0 aliphatic heterocycles. The van der Waals surface area contributed by atoms with Crippen molar-refractivity contribution in [2.75, 3.05) is 17.1 Å². The Balaban J connectivity index is 1.88. The lowest BCUT2D eigenvalue weighted by atomic mass is 10.1. The number of hydrogen-bond acceptors (Lipinski definition) is 4. The fourth-order valence-electron chi connectivity index (χ4n) is 4.05. The van der Waals surface area contributed by atoms with Crippen LogP contribution in [-0.2, 0) is 26.2 Å². The molecule has 1 saturated carbocycles. The zero-order valence-electron chi connectivity index (χ0n) is 19.2. The largest absolute Gasteiger partial charge is 0.352 e. The molecule has 184 valence electrons. The zero-order valence-corrected chi connectivity index (χ0v) is 20.8. The molecule has 0 aromatic heterocycles. The number of carbonyl (C=O) groups is 2. The fourth-order valence-corrected chi connectivity index (χ4v) is 5.11. The van der Waals surface area contributed by atoms with E-state index in [2.05, 4.69) is 5.32 Å². The molecule has 10 heteroatoms. The average Bonchev–Trinajstić information content (AvgIpc) is 3.27. The standard InChI is InChI=1S/C24H29ClFN3O4S/c1-17(24(31)27-21-10-3-4-11-21)28(15-18-7-5-8-19(25)13-18)23(30)16-29(34(2,32)33)22-12-6-9-20(26)14-22/h5-9,12-14,17,21H,3-4,10-11,15-16H2,1-2H3,(H,27,31)/t17-/m0/s1. The van der Waals surface area contributed by atoms with Crippen molar-refractivity contribution < 1.29 is 22.4 Å². The first-order chi connectivity index (χ1) is 16.0. The van der Waals surface area contributed by atoms with Gasteiger partial charge in [-0.3, -0.25) is 13.9 Å². The summed E-state index contributed by atoms with van der Waals surface area (Å²) < 4.78 is 39.6. The highest BCUT2D eigenvalue weighted by atomic mass is 35.5. The Morgan fingerprint density at radius 1 is 1.15 bits per heavy atom. The van der Waals surface area contributed by atoms with Gasteiger partial charge in [-0.2, -0.15) is 0 Å². The monoisotopic (exact) mass is 509 g/mol. The van der Waals surface area contributed by atoms with E-state index in [-0.39, 0.29) is 24.2 Å². The van der Waals surface area contributed by atoms with Crippen LogP contribution in [0.15, 0.2) is 48.5 Å². The highest BCUT2D eigenvalue weighted by Gasteiger charge is 2.31. The molecule has 2 amide bonds. The molecule has 0 radical (unpaired) electrons. The average molecular weight is 510 g/mol. The van der Waals surface area contributed by atoms with Gasteiger partial charge in [0.25, 0.3) is 0 Å². The van der Waals surface area contributed by atoms with E-state index in [4.69, 9.17) is 11.6 Å². The van der Waals surface area contributed by atoms with E-state index in [9.17, 15) is 22.4 Å². The van der Waals surface area contributed by atoms with Crippen LogP contribution in [0.5, 0.6) is 0 Å². The summed E-state index contributed by atoms with van der Waals surface area (Å²) in [5.41, 5.74) is 0.722. The van der Waals surface area contributed by atoms with Crippen LogP contribution in [0.3, 0.4) is 0 Å². The van der Waals surface area contributed by atoms with Crippen LogP contribution in [0.25, 0.3) is 0 Å². The number of carbonyl (C=O) groups excluding carboxylic acids is 2. The first kappa shape index (κ1) is 26.0. The molecule has 0 unspecified atom stereocenters. The van der Waals surface area contributed by atoms with Gasteiger partial charge in [0, 0.05) is 17.6 Å². The first-order valence-corrected chi connectivity index (χ1v) is 13.3. The van der Waals surface area contributed by atoms with Crippen LogP contribution < -0.4 is 9.62 Å². The number of nitrogens with one attached hydrogen (secondary N) is 1. The van der Waals surface area contributed by atoms with Crippen LogP contribution >= 0.6 is 11.6 Å². The molecular weight excluding hydrogens is 481 g/mol. The highest BCUT2D eigenvalue weighted by molar-refractivity contribution is 7.92. The Morgan fingerprint density at radius 3 is 2.44 bits per heavy atom. The van der Waals surface area contributed by atoms with Crippen molar-refractivity contribution in [3.8, 4) is 0 Å². The number of halogens is 2. The van der Waals surface area contributed by atoms with E-state index >= 15 is 0 Å². The smallest absolute Gasteiger partial charge is 0.244 e. The van der Waals surface area contributed by atoms with Gasteiger partial charge in [-0.1, -0.05) is 42.6 Å². The molecule has 0 heterocycles. The second-order valence-corrected chi connectivity index (χ2v) is 10.9. The van der Waals surface area contributed by atoms with Crippen molar-refractivity contribution in [3.05, 3.63) is 64.9 Å². The Labute approximate surface area is 204 Å². The minimum absolute atomic E-state index is 0.0293. The van der Waals surface area contributed by atoms with Crippen molar-refractivity contribution in [2.45, 2.75) is 51.2 Å². The molecule has 7 nitrogen and oxygen atoms in total. The second-order valence-electron chi connectivity index (χ2n) is 8.57. The van der Waals surface area contributed by atoms with Crippen molar-refractivity contribution >= 4 is 39.1 Å². The van der Waals surface area contributed by atoms with E-state index in [0.29, 0.717) is 10.6 Å². The predicted molar refractivity (Wildman–Crippen MR) is 130 cm³/mol. The molecule has 1 N–H and O–H groups in total. The maximum atomic E-state index is 13.8. The molecule has 34 heavy (non-hydrogen) atoms. The molecule has 3 rings (SSSR count). The highest BCUT2D eigenvalue weighted by Crippen LogP contribution is 2.22. The van der Waals surface area contributed by atoms with Crippen LogP contribution in [-0.4, -0.2) is 50.0 Å². The van der Waals surface area contributed by atoms with Crippen molar-refractivity contribution in [1.82, 2.24) is 10.2 Å². The molecule has 0 bridgehead atoms. The minimum Gasteiger partial charge on any atom is -0.352 e. The summed E-state index contributed by atoms with van der Waals surface area (Å²) in [6, 6.07) is 11.1. The molecule has 2 aromatic rings. The maximum Gasteiger partial charge on any atom is 0.244 e. The van der Waals surface area contributed by atoms with Gasteiger partial charge in [-0.25, -0.2) is 12.8 Å². The lowest BCUT2D eigenvalue weighted by Crippen LogP contribution is -2.52. The lowest BCUT2D eigenvalue weighted by Gasteiger charge is -2.32. The van der Waals surface area contributed by atoms with Crippen LogP contribution in [0.1, 0.15) is 38.2 Å². The molecule has 1 atom stereocenters. The van der Waals surface area contributed by atoms with Gasteiger partial charge in [0.2, 0.25) is 21.8 Å². The minimum atomic E-state index is -3.91. The number of anilines is 1. The fraction of sp³-hybridized carbons (Fsp3) is 0.417. The molecule has 1 aliphatic carbocycles. The predicted octanol–water partition coefficient (Wildman–Crippen LogP) is 3.72. The lowest BCUT2D eigenvalue weighted by molar-refractivity contribution is -0.139. The molecule has 0 saturated heterocycles. The SMILES string of the molecule is C[C@@H](C(=O)NC1CCCC1)N(Cc1cccc(Cl)c1)C(=O)CN(c1cccc(F)c1)S(C)(=O)=O. The van der Waals surface area contributed by atoms with E-state index in [1.165, 1.54) is 23.1 Å². The third kappa shape index (κ3) is 6.93. The van der Waals surface area contributed by atoms with E-state index in [0.717, 1.165) is 42.3 Å². The number of rotatable bonds is 9. The van der Waals surface area contributed by atoms with E-state index in [1.54, 1.807) is 31.2 Å². The second kappa shape index (κ2) is 11.2. The van der Waals surface area contributed by atoms with Crippen molar-refractivity contribution in [1.29, 1.82) is 0 Å². The van der Waals surface area contributed by atoms with Crippen LogP contribution in [0, 0.1) is 5.82 Å². The summed E-state index contributed by atoms with van der Waals surface area (Å²) in [6.45, 7) is 1.09. The van der Waals surface area contributed by atoms with E-state index in [1.807, 2.05) is 0 Å². The number of benzene rings is 2. The summed E-state index contributed by atoms with van der Waals surface area (Å²) >= 11 is 6.10. The zero-order chi connectivity index (χ0) is 24.9. The van der Waals surface area contributed by atoms with Gasteiger partial charge in [0.05, 0.1) is 11.9 Å².